The number of hydrogen-bond acceptors (Lipinski definition) is 5. The van der Waals surface area contributed by atoms with Gasteiger partial charge in [0, 0.05) is 0 Å². The zero-order chi connectivity index (χ0) is 17.1. The lowest BCUT2D eigenvalue weighted by molar-refractivity contribution is 0.0600. The van der Waals surface area contributed by atoms with Crippen molar-refractivity contribution < 1.29 is 32.2 Å². The summed E-state index contributed by atoms with van der Waals surface area (Å²) in [5.74, 6) is -10.1. The van der Waals surface area contributed by atoms with Gasteiger partial charge in [0.1, 0.15) is 0 Å². The first-order valence-corrected chi connectivity index (χ1v) is 6.01. The lowest BCUT2D eigenvalue weighted by Gasteiger charge is -2.04. The average Bonchev–Trinajstić information content (AvgIpc) is 2.58. The molecule has 0 spiro atoms. The summed E-state index contributed by atoms with van der Waals surface area (Å²) in [6.07, 6.45) is 0. The van der Waals surface area contributed by atoms with E-state index < -0.39 is 40.7 Å². The largest absolute Gasteiger partial charge is 0.503 e. The number of aromatic hydroxyl groups is 1. The third kappa shape index (κ3) is 3.12. The van der Waals surface area contributed by atoms with Crippen LogP contribution in [0.2, 0.25) is 0 Å². The van der Waals surface area contributed by atoms with Gasteiger partial charge in [-0.15, -0.1) is 5.11 Å². The molecule has 0 aliphatic carbocycles. The topological polar surface area (TPSA) is 71.2 Å². The first kappa shape index (κ1) is 16.4. The van der Waals surface area contributed by atoms with E-state index in [-0.39, 0.29) is 11.3 Å². The van der Waals surface area contributed by atoms with Gasteiger partial charge >= 0.3 is 5.97 Å². The van der Waals surface area contributed by atoms with Crippen LogP contribution >= 0.6 is 0 Å². The van der Waals surface area contributed by atoms with Gasteiger partial charge in [0.05, 0.1) is 18.4 Å². The average molecular weight is 328 g/mol. The fraction of sp³-hybridized carbons (Fsp3) is 0.0714. The van der Waals surface area contributed by atoms with Crippen molar-refractivity contribution in [2.75, 3.05) is 7.11 Å². The normalized spacial score (nSPS) is 11.0. The van der Waals surface area contributed by atoms with Crippen molar-refractivity contribution in [3.63, 3.8) is 0 Å². The van der Waals surface area contributed by atoms with E-state index in [2.05, 4.69) is 15.0 Å². The molecular weight excluding hydrogens is 320 g/mol. The molecule has 2 aromatic rings. The van der Waals surface area contributed by atoms with E-state index in [0.29, 0.717) is 0 Å². The Morgan fingerprint density at radius 1 is 0.957 bits per heavy atom. The van der Waals surface area contributed by atoms with Gasteiger partial charge in [0.25, 0.3) is 0 Å². The minimum atomic E-state index is -1.97. The minimum Gasteiger partial charge on any atom is -0.503 e. The fourth-order valence-electron chi connectivity index (χ4n) is 1.59. The molecule has 0 saturated heterocycles. The Balaban J connectivity index is 2.36. The summed E-state index contributed by atoms with van der Waals surface area (Å²) < 4.78 is 57.7. The predicted molar refractivity (Wildman–Crippen MR) is 69.9 cm³/mol. The van der Waals surface area contributed by atoms with Crippen LogP contribution in [0.15, 0.2) is 34.5 Å². The minimum absolute atomic E-state index is 0.0605. The highest BCUT2D eigenvalue weighted by Gasteiger charge is 2.25. The Morgan fingerprint density at radius 2 is 1.48 bits per heavy atom. The highest BCUT2D eigenvalue weighted by atomic mass is 19.2. The second-order valence-electron chi connectivity index (χ2n) is 4.19. The number of azo groups is 1. The number of hydrogen-bond donors (Lipinski definition) is 1. The number of phenolic OH excluding ortho intramolecular Hbond substituents is 1. The summed E-state index contributed by atoms with van der Waals surface area (Å²) in [6.45, 7) is 0. The summed E-state index contributed by atoms with van der Waals surface area (Å²) in [5, 5.41) is 15.4. The number of carbonyl (C=O) groups is 1. The standard InChI is InChI=1S/C14H8F4N2O3/c1-23-14(22)6-2-4-7(5-3-6)19-20-12-8(15)10(17)13(21)11(18)9(12)16/h2-5,21H,1H3. The maximum atomic E-state index is 13.5. The van der Waals surface area contributed by atoms with Gasteiger partial charge in [0.2, 0.25) is 11.6 Å². The molecule has 0 aliphatic heterocycles. The van der Waals surface area contributed by atoms with Crippen molar-refractivity contribution in [1.82, 2.24) is 0 Å². The van der Waals surface area contributed by atoms with Crippen molar-refractivity contribution in [2.24, 2.45) is 10.2 Å². The Bertz CT molecular complexity index is 763. The van der Waals surface area contributed by atoms with E-state index in [1.165, 1.54) is 31.4 Å². The number of carbonyl (C=O) groups excluding carboxylic acids is 1. The summed E-state index contributed by atoms with van der Waals surface area (Å²) in [6, 6.07) is 5.17. The molecule has 1 N–H and O–H groups in total. The van der Waals surface area contributed by atoms with Crippen LogP contribution in [0.5, 0.6) is 5.75 Å². The Kier molecular flexibility index (Phi) is 4.58. The zero-order valence-electron chi connectivity index (χ0n) is 11.5. The van der Waals surface area contributed by atoms with Crippen molar-refractivity contribution in [2.45, 2.75) is 0 Å². The monoisotopic (exact) mass is 328 g/mol. The quantitative estimate of drug-likeness (QED) is 0.398. The molecule has 0 atom stereocenters. The van der Waals surface area contributed by atoms with Gasteiger partial charge in [-0.05, 0) is 24.3 Å². The van der Waals surface area contributed by atoms with E-state index in [1.807, 2.05) is 0 Å². The third-order valence-electron chi connectivity index (χ3n) is 2.77. The van der Waals surface area contributed by atoms with Crippen LogP contribution in [-0.4, -0.2) is 18.2 Å². The molecule has 0 unspecified atom stereocenters. The maximum absolute atomic E-state index is 13.5. The number of methoxy groups -OCH3 is 1. The zero-order valence-corrected chi connectivity index (χ0v) is 11.5. The molecule has 5 nitrogen and oxygen atoms in total. The molecule has 2 aromatic carbocycles. The third-order valence-corrected chi connectivity index (χ3v) is 2.77. The van der Waals surface area contributed by atoms with E-state index in [4.69, 9.17) is 5.11 Å². The second-order valence-corrected chi connectivity index (χ2v) is 4.19. The van der Waals surface area contributed by atoms with Crippen molar-refractivity contribution in [1.29, 1.82) is 0 Å². The number of rotatable bonds is 3. The van der Waals surface area contributed by atoms with Crippen molar-refractivity contribution in [3.8, 4) is 5.75 Å². The number of esters is 1. The maximum Gasteiger partial charge on any atom is 0.337 e. The lowest BCUT2D eigenvalue weighted by Crippen LogP contribution is -1.99. The Labute approximate surface area is 126 Å². The van der Waals surface area contributed by atoms with E-state index >= 15 is 0 Å². The molecule has 120 valence electrons. The molecule has 2 rings (SSSR count). The van der Waals surface area contributed by atoms with Crippen LogP contribution in [0, 0.1) is 23.3 Å². The van der Waals surface area contributed by atoms with Crippen LogP contribution in [0.4, 0.5) is 28.9 Å². The summed E-state index contributed by atoms with van der Waals surface area (Å²) in [5.41, 5.74) is -1.06. The van der Waals surface area contributed by atoms with Crippen LogP contribution in [-0.2, 0) is 4.74 Å². The highest BCUT2D eigenvalue weighted by Crippen LogP contribution is 2.34. The van der Waals surface area contributed by atoms with Crippen LogP contribution in [0.25, 0.3) is 0 Å². The number of ether oxygens (including phenoxy) is 1. The molecule has 0 bridgehead atoms. The molecule has 0 aromatic heterocycles. The SMILES string of the molecule is COC(=O)c1ccc(N=Nc2c(F)c(F)c(O)c(F)c2F)cc1. The molecule has 0 heterocycles. The second kappa shape index (κ2) is 6.42. The number of phenols is 1. The summed E-state index contributed by atoms with van der Waals surface area (Å²) in [7, 11) is 1.19. The van der Waals surface area contributed by atoms with Crippen LogP contribution < -0.4 is 0 Å². The van der Waals surface area contributed by atoms with Crippen LogP contribution in [0.1, 0.15) is 10.4 Å². The van der Waals surface area contributed by atoms with Gasteiger partial charge in [-0.1, -0.05) is 0 Å². The Hall–Kier alpha value is -2.97. The predicted octanol–water partition coefficient (Wildman–Crippen LogP) is 4.15. The van der Waals surface area contributed by atoms with Crippen molar-refractivity contribution in [3.05, 3.63) is 53.1 Å². The van der Waals surface area contributed by atoms with E-state index in [0.717, 1.165) is 0 Å². The smallest absolute Gasteiger partial charge is 0.337 e. The first-order valence-electron chi connectivity index (χ1n) is 6.01. The molecule has 0 fully saturated rings. The Morgan fingerprint density at radius 3 is 1.96 bits per heavy atom. The van der Waals surface area contributed by atoms with Crippen LogP contribution in [0.3, 0.4) is 0 Å². The van der Waals surface area contributed by atoms with Gasteiger partial charge in [-0.2, -0.15) is 13.9 Å². The highest BCUT2D eigenvalue weighted by molar-refractivity contribution is 5.89. The number of halogens is 4. The van der Waals surface area contributed by atoms with E-state index in [9.17, 15) is 22.4 Å². The van der Waals surface area contributed by atoms with Crippen molar-refractivity contribution >= 4 is 17.3 Å². The van der Waals surface area contributed by atoms with Gasteiger partial charge in [0.15, 0.2) is 23.1 Å². The number of benzene rings is 2. The molecule has 0 saturated carbocycles. The molecule has 23 heavy (non-hydrogen) atoms. The summed E-state index contributed by atoms with van der Waals surface area (Å²) in [4.78, 5) is 11.2. The lowest BCUT2D eigenvalue weighted by atomic mass is 10.2. The molecule has 0 radical (unpaired) electrons. The number of nitrogens with zero attached hydrogens (tertiary/aromatic N) is 2. The fourth-order valence-corrected chi connectivity index (χ4v) is 1.59. The molecular formula is C14H8F4N2O3. The molecule has 0 aliphatic rings. The summed E-state index contributed by atoms with van der Waals surface area (Å²) >= 11 is 0. The molecule has 0 amide bonds. The van der Waals surface area contributed by atoms with Gasteiger partial charge in [-0.25, -0.2) is 13.6 Å². The van der Waals surface area contributed by atoms with Gasteiger partial charge < -0.3 is 9.84 Å². The van der Waals surface area contributed by atoms with E-state index in [1.54, 1.807) is 0 Å². The first-order chi connectivity index (χ1) is 10.9. The molecule has 9 heteroatoms. The van der Waals surface area contributed by atoms with Gasteiger partial charge in [-0.3, -0.25) is 0 Å².